The highest BCUT2D eigenvalue weighted by Gasteiger charge is 2.28. The van der Waals surface area contributed by atoms with Crippen LogP contribution in [0.3, 0.4) is 0 Å². The number of rotatable bonds is 2. The summed E-state index contributed by atoms with van der Waals surface area (Å²) in [7, 11) is 0. The Hall–Kier alpha value is -1.35. The molecule has 1 aromatic rings. The Kier molecular flexibility index (Phi) is 5.04. The molecule has 0 atom stereocenters. The summed E-state index contributed by atoms with van der Waals surface area (Å²) in [5.41, 5.74) is 4.62. The molecule has 1 fully saturated rings. The topological polar surface area (TPSA) is 41.5 Å². The minimum absolute atomic E-state index is 0.206. The van der Waals surface area contributed by atoms with Crippen LogP contribution in [0.15, 0.2) is 29.4 Å². The molecule has 0 aromatic heterocycles. The zero-order valence-corrected chi connectivity index (χ0v) is 13.7. The number of hydrogen-bond acceptors (Lipinski definition) is 2. The van der Waals surface area contributed by atoms with E-state index in [9.17, 15) is 4.79 Å². The minimum atomic E-state index is -0.206. The van der Waals surface area contributed by atoms with Crippen molar-refractivity contribution in [1.29, 1.82) is 0 Å². The van der Waals surface area contributed by atoms with Gasteiger partial charge in [-0.1, -0.05) is 38.4 Å². The zero-order valence-electron chi connectivity index (χ0n) is 12.9. The van der Waals surface area contributed by atoms with Crippen molar-refractivity contribution in [1.82, 2.24) is 5.43 Å². The third-order valence-electron chi connectivity index (χ3n) is 4.19. The highest BCUT2D eigenvalue weighted by Crippen LogP contribution is 2.36. The average molecular weight is 307 g/mol. The van der Waals surface area contributed by atoms with E-state index in [-0.39, 0.29) is 5.91 Å². The molecule has 0 spiro atoms. The van der Waals surface area contributed by atoms with Gasteiger partial charge in [0.15, 0.2) is 0 Å². The summed E-state index contributed by atoms with van der Waals surface area (Å²) in [6.45, 7) is 6.88. The van der Waals surface area contributed by atoms with E-state index in [4.69, 9.17) is 11.6 Å². The highest BCUT2D eigenvalue weighted by molar-refractivity contribution is 6.30. The van der Waals surface area contributed by atoms with Crippen LogP contribution < -0.4 is 5.43 Å². The molecule has 1 N–H and O–H groups in total. The molecule has 21 heavy (non-hydrogen) atoms. The molecule has 3 nitrogen and oxygen atoms in total. The molecule has 0 saturated heterocycles. The Balaban J connectivity index is 1.90. The third-order valence-corrected chi connectivity index (χ3v) is 4.42. The Morgan fingerprint density at radius 1 is 1.29 bits per heavy atom. The maximum atomic E-state index is 12.0. The lowest BCUT2D eigenvalue weighted by molar-refractivity contribution is 0.0954. The van der Waals surface area contributed by atoms with Crippen LogP contribution in [0.4, 0.5) is 0 Å². The normalized spacial score (nSPS) is 19.2. The SMILES string of the molecule is CC(C)(C)C1CCC(=NNC(=O)c2cccc(Cl)c2)CC1. The van der Waals surface area contributed by atoms with Crippen molar-refractivity contribution in [2.45, 2.75) is 46.5 Å². The molecule has 1 saturated carbocycles. The van der Waals surface area contributed by atoms with E-state index in [0.717, 1.165) is 37.3 Å². The van der Waals surface area contributed by atoms with Crippen LogP contribution in [-0.2, 0) is 0 Å². The van der Waals surface area contributed by atoms with Crippen LogP contribution >= 0.6 is 11.6 Å². The maximum absolute atomic E-state index is 12.0. The lowest BCUT2D eigenvalue weighted by Gasteiger charge is -2.34. The highest BCUT2D eigenvalue weighted by atomic mass is 35.5. The predicted octanol–water partition coefficient (Wildman–Crippen LogP) is 4.66. The second-order valence-electron chi connectivity index (χ2n) is 6.77. The van der Waals surface area contributed by atoms with Crippen molar-refractivity contribution < 1.29 is 4.79 Å². The van der Waals surface area contributed by atoms with Crippen molar-refractivity contribution in [2.75, 3.05) is 0 Å². The maximum Gasteiger partial charge on any atom is 0.271 e. The summed E-state index contributed by atoms with van der Waals surface area (Å²) >= 11 is 5.88. The molecule has 0 aliphatic heterocycles. The summed E-state index contributed by atoms with van der Waals surface area (Å²) in [6, 6.07) is 6.89. The minimum Gasteiger partial charge on any atom is -0.267 e. The lowest BCUT2D eigenvalue weighted by atomic mass is 9.72. The molecule has 1 amide bonds. The van der Waals surface area contributed by atoms with Gasteiger partial charge >= 0.3 is 0 Å². The first kappa shape index (κ1) is 16.0. The van der Waals surface area contributed by atoms with Gasteiger partial charge in [-0.3, -0.25) is 4.79 Å². The Morgan fingerprint density at radius 3 is 2.52 bits per heavy atom. The molecule has 114 valence electrons. The second kappa shape index (κ2) is 6.61. The fourth-order valence-corrected chi connectivity index (χ4v) is 2.94. The van der Waals surface area contributed by atoms with Gasteiger partial charge in [0.05, 0.1) is 0 Å². The number of benzene rings is 1. The fraction of sp³-hybridized carbons (Fsp3) is 0.529. The van der Waals surface area contributed by atoms with Crippen molar-refractivity contribution in [2.24, 2.45) is 16.4 Å². The number of carbonyl (C=O) groups excluding carboxylic acids is 1. The molecule has 1 aliphatic carbocycles. The van der Waals surface area contributed by atoms with Crippen LogP contribution in [0.2, 0.25) is 5.02 Å². The molecular formula is C17H23ClN2O. The molecule has 0 radical (unpaired) electrons. The van der Waals surface area contributed by atoms with Gasteiger partial charge in [-0.2, -0.15) is 5.10 Å². The standard InChI is InChI=1S/C17H23ClN2O/c1-17(2,3)13-7-9-15(10-8-13)19-20-16(21)12-5-4-6-14(18)11-12/h4-6,11,13H,7-10H2,1-3H3,(H,20,21). The largest absolute Gasteiger partial charge is 0.271 e. The number of halogens is 1. The number of nitrogens with one attached hydrogen (secondary N) is 1. The van der Waals surface area contributed by atoms with E-state index < -0.39 is 0 Å². The molecule has 4 heteroatoms. The third kappa shape index (κ3) is 4.57. The van der Waals surface area contributed by atoms with Gasteiger partial charge in [-0.05, 0) is 55.2 Å². The van der Waals surface area contributed by atoms with Gasteiger partial charge in [0.1, 0.15) is 0 Å². The van der Waals surface area contributed by atoms with Crippen LogP contribution in [-0.4, -0.2) is 11.6 Å². The van der Waals surface area contributed by atoms with Crippen LogP contribution in [0.5, 0.6) is 0 Å². The van der Waals surface area contributed by atoms with E-state index in [0.29, 0.717) is 16.0 Å². The number of hydrazone groups is 1. The molecule has 1 aliphatic rings. The monoisotopic (exact) mass is 306 g/mol. The summed E-state index contributed by atoms with van der Waals surface area (Å²) in [4.78, 5) is 12.0. The van der Waals surface area contributed by atoms with E-state index in [1.807, 2.05) is 0 Å². The smallest absolute Gasteiger partial charge is 0.267 e. The first-order valence-electron chi connectivity index (χ1n) is 7.47. The van der Waals surface area contributed by atoms with Gasteiger partial charge in [-0.25, -0.2) is 5.43 Å². The molecule has 0 bridgehead atoms. The summed E-state index contributed by atoms with van der Waals surface area (Å²) in [5, 5.41) is 4.84. The fourth-order valence-electron chi connectivity index (χ4n) is 2.75. The van der Waals surface area contributed by atoms with Gasteiger partial charge in [0.25, 0.3) is 5.91 Å². The number of carbonyl (C=O) groups is 1. The lowest BCUT2D eigenvalue weighted by Crippen LogP contribution is -2.27. The van der Waals surface area contributed by atoms with E-state index in [1.165, 1.54) is 0 Å². The summed E-state index contributed by atoms with van der Waals surface area (Å²) in [5.74, 6) is 0.531. The average Bonchev–Trinajstić information content (AvgIpc) is 2.44. The molecule has 0 unspecified atom stereocenters. The van der Waals surface area contributed by atoms with Gasteiger partial charge in [-0.15, -0.1) is 0 Å². The van der Waals surface area contributed by atoms with Crippen LogP contribution in [0.1, 0.15) is 56.8 Å². The van der Waals surface area contributed by atoms with E-state index >= 15 is 0 Å². The van der Waals surface area contributed by atoms with Gasteiger partial charge in [0.2, 0.25) is 0 Å². The number of nitrogens with zero attached hydrogens (tertiary/aromatic N) is 1. The quantitative estimate of drug-likeness (QED) is 0.793. The second-order valence-corrected chi connectivity index (χ2v) is 7.21. The van der Waals surface area contributed by atoms with Crippen LogP contribution in [0, 0.1) is 11.3 Å². The number of amides is 1. The number of hydrogen-bond donors (Lipinski definition) is 1. The van der Waals surface area contributed by atoms with Crippen molar-refractivity contribution in [3.05, 3.63) is 34.9 Å². The summed E-state index contributed by atoms with van der Waals surface area (Å²) < 4.78 is 0. The molecule has 1 aromatic carbocycles. The molecular weight excluding hydrogens is 284 g/mol. The zero-order chi connectivity index (χ0) is 15.5. The van der Waals surface area contributed by atoms with Crippen molar-refractivity contribution in [3.63, 3.8) is 0 Å². The Bertz CT molecular complexity index is 536. The molecule has 2 rings (SSSR count). The van der Waals surface area contributed by atoms with Gasteiger partial charge in [0, 0.05) is 16.3 Å². The van der Waals surface area contributed by atoms with Crippen LogP contribution in [0.25, 0.3) is 0 Å². The predicted molar refractivity (Wildman–Crippen MR) is 87.8 cm³/mol. The van der Waals surface area contributed by atoms with E-state index in [2.05, 4.69) is 31.3 Å². The van der Waals surface area contributed by atoms with Crippen molar-refractivity contribution in [3.8, 4) is 0 Å². The van der Waals surface area contributed by atoms with Crippen molar-refractivity contribution >= 4 is 23.2 Å². The Morgan fingerprint density at radius 2 is 1.95 bits per heavy atom. The van der Waals surface area contributed by atoms with E-state index in [1.54, 1.807) is 24.3 Å². The Labute approximate surface area is 131 Å². The first-order valence-corrected chi connectivity index (χ1v) is 7.85. The molecule has 0 heterocycles. The van der Waals surface area contributed by atoms with Gasteiger partial charge < -0.3 is 0 Å². The summed E-state index contributed by atoms with van der Waals surface area (Å²) in [6.07, 6.45) is 4.24. The first-order chi connectivity index (χ1) is 9.86.